The highest BCUT2D eigenvalue weighted by Gasteiger charge is 2.20. The van der Waals surface area contributed by atoms with Gasteiger partial charge < -0.3 is 10.6 Å². The molecule has 0 aromatic carbocycles. The molecule has 6 nitrogen and oxygen atoms in total. The Morgan fingerprint density at radius 2 is 2.40 bits per heavy atom. The third kappa shape index (κ3) is 2.59. The van der Waals surface area contributed by atoms with E-state index in [-0.39, 0.29) is 5.91 Å². The number of nitrogens with zero attached hydrogens (tertiary/aromatic N) is 3. The van der Waals surface area contributed by atoms with Gasteiger partial charge in [0.05, 0.1) is 11.9 Å². The van der Waals surface area contributed by atoms with E-state index in [1.54, 1.807) is 10.9 Å². The van der Waals surface area contributed by atoms with Crippen molar-refractivity contribution in [2.24, 2.45) is 13.0 Å². The Balaban J connectivity index is 1.72. The van der Waals surface area contributed by atoms with E-state index in [1.165, 1.54) is 11.3 Å². The summed E-state index contributed by atoms with van der Waals surface area (Å²) in [6.45, 7) is 4.58. The number of thiazole rings is 1. The number of amides is 1. The van der Waals surface area contributed by atoms with E-state index in [9.17, 15) is 4.79 Å². The lowest BCUT2D eigenvalue weighted by molar-refractivity contribution is 0.0945. The zero-order valence-corrected chi connectivity index (χ0v) is 12.3. The molecule has 2 aromatic heterocycles. The molecule has 1 aliphatic heterocycles. The van der Waals surface area contributed by atoms with Gasteiger partial charge in [-0.15, -0.1) is 11.3 Å². The van der Waals surface area contributed by atoms with Crippen molar-refractivity contribution in [2.45, 2.75) is 6.92 Å². The zero-order chi connectivity index (χ0) is 14.1. The van der Waals surface area contributed by atoms with Crippen molar-refractivity contribution in [2.75, 3.05) is 19.6 Å². The minimum atomic E-state index is -0.0259. The number of hydrogen-bond donors (Lipinski definition) is 2. The maximum absolute atomic E-state index is 12.2. The predicted molar refractivity (Wildman–Crippen MR) is 77.7 cm³/mol. The second kappa shape index (κ2) is 5.34. The number of aryl methyl sites for hydroxylation is 2. The first-order valence-electron chi connectivity index (χ1n) is 6.59. The first-order valence-corrected chi connectivity index (χ1v) is 7.40. The highest BCUT2D eigenvalue weighted by molar-refractivity contribution is 7.17. The Kier molecular flexibility index (Phi) is 3.54. The second-order valence-electron chi connectivity index (χ2n) is 5.07. The summed E-state index contributed by atoms with van der Waals surface area (Å²) >= 11 is 1.42. The normalized spacial score (nSPS) is 15.1. The number of rotatable bonds is 4. The van der Waals surface area contributed by atoms with Crippen LogP contribution in [-0.2, 0) is 7.05 Å². The van der Waals surface area contributed by atoms with E-state index in [0.29, 0.717) is 10.8 Å². The Hall–Kier alpha value is -1.73. The molecule has 0 unspecified atom stereocenters. The van der Waals surface area contributed by atoms with Gasteiger partial charge >= 0.3 is 0 Å². The lowest BCUT2D eigenvalue weighted by atomic mass is 10.0. The maximum atomic E-state index is 12.2. The molecule has 3 rings (SSSR count). The van der Waals surface area contributed by atoms with Crippen molar-refractivity contribution in [1.29, 1.82) is 0 Å². The van der Waals surface area contributed by atoms with Gasteiger partial charge in [-0.2, -0.15) is 5.10 Å². The van der Waals surface area contributed by atoms with Gasteiger partial charge in [0.2, 0.25) is 0 Å². The van der Waals surface area contributed by atoms with E-state index >= 15 is 0 Å². The summed E-state index contributed by atoms with van der Waals surface area (Å²) in [5.74, 6) is 0.534. The molecule has 1 saturated heterocycles. The van der Waals surface area contributed by atoms with Crippen LogP contribution in [0.1, 0.15) is 15.4 Å². The van der Waals surface area contributed by atoms with Crippen LogP contribution in [-0.4, -0.2) is 40.3 Å². The minimum absolute atomic E-state index is 0.0259. The molecule has 0 radical (unpaired) electrons. The average Bonchev–Trinajstić information content (AvgIpc) is 2.93. The second-order valence-corrected chi connectivity index (χ2v) is 6.07. The van der Waals surface area contributed by atoms with Crippen LogP contribution in [0.3, 0.4) is 0 Å². The highest BCUT2D eigenvalue weighted by atomic mass is 32.1. The minimum Gasteiger partial charge on any atom is -0.351 e. The van der Waals surface area contributed by atoms with Crippen molar-refractivity contribution in [1.82, 2.24) is 25.4 Å². The van der Waals surface area contributed by atoms with Gasteiger partial charge in [-0.3, -0.25) is 9.48 Å². The molecule has 1 amide bonds. The third-order valence-corrected chi connectivity index (χ3v) is 4.58. The number of carbonyl (C=O) groups excluding carboxylic acids is 1. The summed E-state index contributed by atoms with van der Waals surface area (Å²) in [7, 11) is 1.87. The average molecular weight is 291 g/mol. The molecule has 20 heavy (non-hydrogen) atoms. The van der Waals surface area contributed by atoms with E-state index in [4.69, 9.17) is 0 Å². The number of carbonyl (C=O) groups is 1. The van der Waals surface area contributed by atoms with Gasteiger partial charge in [0.25, 0.3) is 5.91 Å². The summed E-state index contributed by atoms with van der Waals surface area (Å²) in [4.78, 5) is 17.3. The molecule has 1 fully saturated rings. The molecule has 0 atom stereocenters. The standard InChI is InChI=1S/C13H17N5OS/c1-8-11(12(19)15-5-9-3-14-4-9)20-13(17-8)10-6-16-18(2)7-10/h6-7,9,14H,3-5H2,1-2H3,(H,15,19). The molecule has 0 aliphatic carbocycles. The van der Waals surface area contributed by atoms with Gasteiger partial charge in [0.15, 0.2) is 0 Å². The largest absolute Gasteiger partial charge is 0.351 e. The number of hydrogen-bond acceptors (Lipinski definition) is 5. The molecule has 7 heteroatoms. The number of aromatic nitrogens is 3. The van der Waals surface area contributed by atoms with E-state index in [0.717, 1.165) is 35.9 Å². The zero-order valence-electron chi connectivity index (χ0n) is 11.5. The fraction of sp³-hybridized carbons (Fsp3) is 0.462. The van der Waals surface area contributed by atoms with Crippen molar-refractivity contribution in [3.8, 4) is 10.6 Å². The summed E-state index contributed by atoms with van der Waals surface area (Å²) in [5.41, 5.74) is 1.72. The lowest BCUT2D eigenvalue weighted by Crippen LogP contribution is -2.48. The SMILES string of the molecule is Cc1nc(-c2cnn(C)c2)sc1C(=O)NCC1CNC1. The fourth-order valence-electron chi connectivity index (χ4n) is 2.07. The van der Waals surface area contributed by atoms with Crippen LogP contribution in [0.4, 0.5) is 0 Å². The Labute approximate surface area is 121 Å². The molecular weight excluding hydrogens is 274 g/mol. The molecule has 0 saturated carbocycles. The molecule has 0 bridgehead atoms. The van der Waals surface area contributed by atoms with Gasteiger partial charge in [-0.05, 0) is 6.92 Å². The number of nitrogens with one attached hydrogen (secondary N) is 2. The summed E-state index contributed by atoms with van der Waals surface area (Å²) < 4.78 is 1.73. The smallest absolute Gasteiger partial charge is 0.263 e. The molecule has 1 aliphatic rings. The predicted octanol–water partition coefficient (Wildman–Crippen LogP) is 0.801. The van der Waals surface area contributed by atoms with Gasteiger partial charge in [-0.1, -0.05) is 0 Å². The van der Waals surface area contributed by atoms with Crippen LogP contribution in [0.25, 0.3) is 10.6 Å². The first kappa shape index (κ1) is 13.3. The van der Waals surface area contributed by atoms with Crippen LogP contribution >= 0.6 is 11.3 Å². The molecule has 3 heterocycles. The summed E-state index contributed by atoms with van der Waals surface area (Å²) in [6.07, 6.45) is 3.67. The van der Waals surface area contributed by atoms with Gasteiger partial charge in [0, 0.05) is 44.4 Å². The first-order chi connectivity index (χ1) is 9.63. The highest BCUT2D eigenvalue weighted by Crippen LogP contribution is 2.27. The topological polar surface area (TPSA) is 71.8 Å². The van der Waals surface area contributed by atoms with Crippen LogP contribution in [0.2, 0.25) is 0 Å². The monoisotopic (exact) mass is 291 g/mol. The summed E-state index contributed by atoms with van der Waals surface area (Å²) in [5, 5.41) is 11.1. The maximum Gasteiger partial charge on any atom is 0.263 e. The third-order valence-electron chi connectivity index (χ3n) is 3.37. The Morgan fingerprint density at radius 3 is 3.00 bits per heavy atom. The van der Waals surface area contributed by atoms with Gasteiger partial charge in [-0.25, -0.2) is 4.98 Å². The molecule has 106 valence electrons. The van der Waals surface area contributed by atoms with Crippen molar-refractivity contribution >= 4 is 17.2 Å². The van der Waals surface area contributed by atoms with Crippen LogP contribution in [0, 0.1) is 12.8 Å². The van der Waals surface area contributed by atoms with E-state index < -0.39 is 0 Å². The fourth-order valence-corrected chi connectivity index (χ4v) is 3.03. The Morgan fingerprint density at radius 1 is 1.60 bits per heavy atom. The lowest BCUT2D eigenvalue weighted by Gasteiger charge is -2.26. The quantitative estimate of drug-likeness (QED) is 0.874. The Bertz CT molecular complexity index is 628. The molecule has 2 aromatic rings. The van der Waals surface area contributed by atoms with Crippen molar-refractivity contribution in [3.05, 3.63) is 23.0 Å². The summed E-state index contributed by atoms with van der Waals surface area (Å²) in [6, 6.07) is 0. The van der Waals surface area contributed by atoms with E-state index in [1.807, 2.05) is 20.2 Å². The molecular formula is C13H17N5OS. The molecule has 2 N–H and O–H groups in total. The van der Waals surface area contributed by atoms with E-state index in [2.05, 4.69) is 20.7 Å². The van der Waals surface area contributed by atoms with Crippen LogP contribution < -0.4 is 10.6 Å². The van der Waals surface area contributed by atoms with Crippen LogP contribution in [0.5, 0.6) is 0 Å². The van der Waals surface area contributed by atoms with Crippen molar-refractivity contribution in [3.63, 3.8) is 0 Å². The van der Waals surface area contributed by atoms with Crippen LogP contribution in [0.15, 0.2) is 12.4 Å². The molecule has 0 spiro atoms. The van der Waals surface area contributed by atoms with Crippen molar-refractivity contribution < 1.29 is 4.79 Å². The van der Waals surface area contributed by atoms with Gasteiger partial charge in [0.1, 0.15) is 9.88 Å².